The number of amides is 1. The molecule has 0 heterocycles. The average molecular weight is 187 g/mol. The summed E-state index contributed by atoms with van der Waals surface area (Å²) >= 11 is 0. The van der Waals surface area contributed by atoms with Crippen molar-refractivity contribution in [3.05, 3.63) is 0 Å². The van der Waals surface area contributed by atoms with Crippen LogP contribution in [0.1, 0.15) is 46.0 Å². The van der Waals surface area contributed by atoms with E-state index in [4.69, 9.17) is 5.11 Å². The second-order valence-electron chi connectivity index (χ2n) is 3.46. The molecule has 0 fully saturated rings. The highest BCUT2D eigenvalue weighted by molar-refractivity contribution is 5.75. The van der Waals surface area contributed by atoms with Gasteiger partial charge in [-0.25, -0.2) is 0 Å². The Morgan fingerprint density at radius 1 is 1.38 bits per heavy atom. The van der Waals surface area contributed by atoms with Gasteiger partial charge in [-0.3, -0.25) is 4.79 Å². The van der Waals surface area contributed by atoms with Gasteiger partial charge < -0.3 is 10.4 Å². The normalized spacial score (nSPS) is 12.5. The van der Waals surface area contributed by atoms with Crippen LogP contribution in [0.5, 0.6) is 0 Å². The zero-order valence-corrected chi connectivity index (χ0v) is 8.68. The Bertz CT molecular complexity index is 135. The van der Waals surface area contributed by atoms with E-state index in [1.165, 1.54) is 12.8 Å². The molecule has 0 saturated carbocycles. The van der Waals surface area contributed by atoms with Gasteiger partial charge in [-0.1, -0.05) is 26.2 Å². The molecule has 1 unspecified atom stereocenters. The zero-order chi connectivity index (χ0) is 10.1. The molecule has 13 heavy (non-hydrogen) atoms. The van der Waals surface area contributed by atoms with Gasteiger partial charge in [0.15, 0.2) is 0 Å². The molecule has 3 heteroatoms. The van der Waals surface area contributed by atoms with Gasteiger partial charge in [0, 0.05) is 13.0 Å². The first-order valence-corrected chi connectivity index (χ1v) is 5.11. The van der Waals surface area contributed by atoms with Crippen LogP contribution in [0.3, 0.4) is 0 Å². The van der Waals surface area contributed by atoms with E-state index < -0.39 is 6.10 Å². The van der Waals surface area contributed by atoms with Crippen LogP contribution in [0.15, 0.2) is 0 Å². The lowest BCUT2D eigenvalue weighted by atomic mass is 10.1. The number of aliphatic hydroxyl groups is 1. The lowest BCUT2D eigenvalue weighted by Crippen LogP contribution is -2.30. The molecule has 78 valence electrons. The van der Waals surface area contributed by atoms with Gasteiger partial charge in [0.1, 0.15) is 0 Å². The zero-order valence-electron chi connectivity index (χ0n) is 8.68. The molecule has 0 rings (SSSR count). The Hall–Kier alpha value is -0.570. The van der Waals surface area contributed by atoms with Gasteiger partial charge in [0.25, 0.3) is 0 Å². The molecule has 0 aromatic rings. The molecule has 0 aromatic carbocycles. The first-order chi connectivity index (χ1) is 6.16. The summed E-state index contributed by atoms with van der Waals surface area (Å²) in [5.74, 6) is 0.0528. The number of aliphatic hydroxyl groups excluding tert-OH is 1. The Morgan fingerprint density at radius 3 is 2.62 bits per heavy atom. The third-order valence-electron chi connectivity index (χ3n) is 1.85. The minimum Gasteiger partial charge on any atom is -0.392 e. The van der Waals surface area contributed by atoms with Gasteiger partial charge in [-0.05, 0) is 13.3 Å². The molecule has 0 aromatic heterocycles. The standard InChI is InChI=1S/C10H21NO2/c1-3-4-5-6-7-10(13)11-8-9(2)12/h9,12H,3-8H2,1-2H3,(H,11,13). The maximum Gasteiger partial charge on any atom is 0.220 e. The second kappa shape index (κ2) is 8.05. The van der Waals surface area contributed by atoms with Gasteiger partial charge in [-0.15, -0.1) is 0 Å². The summed E-state index contributed by atoms with van der Waals surface area (Å²) in [6.07, 6.45) is 4.61. The quantitative estimate of drug-likeness (QED) is 0.593. The monoisotopic (exact) mass is 187 g/mol. The van der Waals surface area contributed by atoms with Crippen molar-refractivity contribution in [1.82, 2.24) is 5.32 Å². The summed E-state index contributed by atoms with van der Waals surface area (Å²) in [5.41, 5.74) is 0. The maximum absolute atomic E-state index is 11.1. The maximum atomic E-state index is 11.1. The number of hydrogen-bond donors (Lipinski definition) is 2. The van der Waals surface area contributed by atoms with Crippen molar-refractivity contribution in [2.45, 2.75) is 52.1 Å². The van der Waals surface area contributed by atoms with E-state index in [0.717, 1.165) is 12.8 Å². The van der Waals surface area contributed by atoms with Crippen LogP contribution in [-0.4, -0.2) is 23.7 Å². The fourth-order valence-corrected chi connectivity index (χ4v) is 1.06. The molecule has 1 amide bonds. The first-order valence-electron chi connectivity index (χ1n) is 5.11. The molecule has 2 N–H and O–H groups in total. The predicted octanol–water partition coefficient (Wildman–Crippen LogP) is 1.45. The number of rotatable bonds is 7. The topological polar surface area (TPSA) is 49.3 Å². The molecule has 0 saturated heterocycles. The van der Waals surface area contributed by atoms with Crippen molar-refractivity contribution in [3.63, 3.8) is 0 Å². The number of nitrogens with one attached hydrogen (secondary N) is 1. The van der Waals surface area contributed by atoms with E-state index in [2.05, 4.69) is 12.2 Å². The highest BCUT2D eigenvalue weighted by Gasteiger charge is 2.01. The van der Waals surface area contributed by atoms with Crippen LogP contribution in [0, 0.1) is 0 Å². The SMILES string of the molecule is CCCCCCC(=O)NCC(C)O. The highest BCUT2D eigenvalue weighted by atomic mass is 16.3. The fourth-order valence-electron chi connectivity index (χ4n) is 1.06. The molecule has 0 aliphatic carbocycles. The molecular formula is C10H21NO2. The molecule has 0 bridgehead atoms. The van der Waals surface area contributed by atoms with E-state index in [0.29, 0.717) is 13.0 Å². The summed E-state index contributed by atoms with van der Waals surface area (Å²) in [6.45, 7) is 4.18. The van der Waals surface area contributed by atoms with Crippen molar-refractivity contribution in [2.24, 2.45) is 0 Å². The summed E-state index contributed by atoms with van der Waals surface area (Å²) in [6, 6.07) is 0. The summed E-state index contributed by atoms with van der Waals surface area (Å²) in [4.78, 5) is 11.1. The van der Waals surface area contributed by atoms with Crippen LogP contribution >= 0.6 is 0 Å². The Morgan fingerprint density at radius 2 is 2.08 bits per heavy atom. The van der Waals surface area contributed by atoms with E-state index in [-0.39, 0.29) is 5.91 Å². The van der Waals surface area contributed by atoms with E-state index >= 15 is 0 Å². The van der Waals surface area contributed by atoms with Crippen LogP contribution < -0.4 is 5.32 Å². The van der Waals surface area contributed by atoms with Crippen molar-refractivity contribution >= 4 is 5.91 Å². The van der Waals surface area contributed by atoms with Crippen LogP contribution in [0.4, 0.5) is 0 Å². The summed E-state index contributed by atoms with van der Waals surface area (Å²) < 4.78 is 0. The van der Waals surface area contributed by atoms with Crippen LogP contribution in [0.25, 0.3) is 0 Å². The van der Waals surface area contributed by atoms with Crippen molar-refractivity contribution in [2.75, 3.05) is 6.54 Å². The number of unbranched alkanes of at least 4 members (excludes halogenated alkanes) is 3. The molecule has 0 spiro atoms. The molecule has 0 radical (unpaired) electrons. The third-order valence-corrected chi connectivity index (χ3v) is 1.85. The fraction of sp³-hybridized carbons (Fsp3) is 0.900. The molecule has 0 aliphatic rings. The predicted molar refractivity (Wildman–Crippen MR) is 53.4 cm³/mol. The number of hydrogen-bond acceptors (Lipinski definition) is 2. The van der Waals surface area contributed by atoms with Crippen LogP contribution in [-0.2, 0) is 4.79 Å². The highest BCUT2D eigenvalue weighted by Crippen LogP contribution is 2.01. The largest absolute Gasteiger partial charge is 0.392 e. The molecular weight excluding hydrogens is 166 g/mol. The van der Waals surface area contributed by atoms with Crippen molar-refractivity contribution < 1.29 is 9.90 Å². The Labute approximate surface area is 80.5 Å². The summed E-state index contributed by atoms with van der Waals surface area (Å²) in [5, 5.41) is 11.6. The van der Waals surface area contributed by atoms with Gasteiger partial charge in [0.05, 0.1) is 6.10 Å². The van der Waals surface area contributed by atoms with Crippen molar-refractivity contribution in [3.8, 4) is 0 Å². The lowest BCUT2D eigenvalue weighted by molar-refractivity contribution is -0.121. The Balaban J connectivity index is 3.20. The third kappa shape index (κ3) is 9.34. The van der Waals surface area contributed by atoms with E-state index in [1.807, 2.05) is 0 Å². The molecule has 1 atom stereocenters. The second-order valence-corrected chi connectivity index (χ2v) is 3.46. The molecule has 0 aliphatic heterocycles. The minimum absolute atomic E-state index is 0.0528. The van der Waals surface area contributed by atoms with Crippen LogP contribution in [0.2, 0.25) is 0 Å². The van der Waals surface area contributed by atoms with Gasteiger partial charge in [0.2, 0.25) is 5.91 Å². The minimum atomic E-state index is -0.445. The molecule has 3 nitrogen and oxygen atoms in total. The van der Waals surface area contributed by atoms with Crippen molar-refractivity contribution in [1.29, 1.82) is 0 Å². The lowest BCUT2D eigenvalue weighted by Gasteiger charge is -2.06. The number of carbonyl (C=O) groups excluding carboxylic acids is 1. The first kappa shape index (κ1) is 12.4. The average Bonchev–Trinajstić information content (AvgIpc) is 2.09. The number of carbonyl (C=O) groups is 1. The van der Waals surface area contributed by atoms with Gasteiger partial charge >= 0.3 is 0 Å². The van der Waals surface area contributed by atoms with Gasteiger partial charge in [-0.2, -0.15) is 0 Å². The van der Waals surface area contributed by atoms with E-state index in [9.17, 15) is 4.79 Å². The smallest absolute Gasteiger partial charge is 0.220 e. The Kier molecular flexibility index (Phi) is 7.69. The summed E-state index contributed by atoms with van der Waals surface area (Å²) in [7, 11) is 0. The van der Waals surface area contributed by atoms with E-state index in [1.54, 1.807) is 6.92 Å².